The first kappa shape index (κ1) is 15.8. The van der Waals surface area contributed by atoms with E-state index in [9.17, 15) is 9.59 Å². The molecule has 1 aromatic heterocycles. The van der Waals surface area contributed by atoms with Gasteiger partial charge in [0.1, 0.15) is 0 Å². The third kappa shape index (κ3) is 3.97. The highest BCUT2D eigenvalue weighted by Crippen LogP contribution is 2.17. The zero-order chi connectivity index (χ0) is 16.3. The number of amides is 1. The largest absolute Gasteiger partial charge is 0.459 e. The van der Waals surface area contributed by atoms with Crippen LogP contribution in [0, 0.1) is 0 Å². The smallest absolute Gasteiger partial charge is 0.414 e. The molecule has 7 nitrogen and oxygen atoms in total. The number of carbonyl (C=O) groups excluding carboxylic acids is 2. The predicted octanol–water partition coefficient (Wildman–Crippen LogP) is 3.09. The first-order valence-corrected chi connectivity index (χ1v) is 7.03. The molecule has 0 aliphatic rings. The standard InChI is InChI=1S/C15H19N3O4/c1-8(2)21-13(19)10-5-6-11-12(7-10)17-14(16-11)18-15(20)22-9(3)4/h5-9H,1-4H3,(H2,16,17,18,20). The minimum Gasteiger partial charge on any atom is -0.459 e. The van der Waals surface area contributed by atoms with Gasteiger partial charge in [-0.1, -0.05) is 0 Å². The number of H-pyrrole nitrogens is 1. The first-order valence-electron chi connectivity index (χ1n) is 7.03. The number of hydrogen-bond acceptors (Lipinski definition) is 5. The van der Waals surface area contributed by atoms with Crippen LogP contribution in [0.3, 0.4) is 0 Å². The number of imidazole rings is 1. The van der Waals surface area contributed by atoms with E-state index in [1.54, 1.807) is 45.9 Å². The molecule has 1 aromatic carbocycles. The van der Waals surface area contributed by atoms with Crippen LogP contribution in [0.5, 0.6) is 0 Å². The molecule has 22 heavy (non-hydrogen) atoms. The number of anilines is 1. The molecular formula is C15H19N3O4. The number of aromatic amines is 1. The lowest BCUT2D eigenvalue weighted by atomic mass is 10.2. The molecule has 1 amide bonds. The molecule has 0 saturated heterocycles. The Bertz CT molecular complexity index is 691. The highest BCUT2D eigenvalue weighted by atomic mass is 16.6. The highest BCUT2D eigenvalue weighted by molar-refractivity contribution is 5.94. The Labute approximate surface area is 128 Å². The Kier molecular flexibility index (Phi) is 4.65. The topological polar surface area (TPSA) is 93.3 Å². The number of aromatic nitrogens is 2. The summed E-state index contributed by atoms with van der Waals surface area (Å²) in [5.74, 6) is -0.143. The van der Waals surface area contributed by atoms with Crippen molar-refractivity contribution in [1.29, 1.82) is 0 Å². The summed E-state index contributed by atoms with van der Waals surface area (Å²) in [6.45, 7) is 7.08. The molecule has 0 spiro atoms. The number of nitrogens with one attached hydrogen (secondary N) is 2. The maximum absolute atomic E-state index is 11.9. The van der Waals surface area contributed by atoms with Crippen LogP contribution in [0.1, 0.15) is 38.1 Å². The van der Waals surface area contributed by atoms with Crippen LogP contribution in [0.25, 0.3) is 11.0 Å². The van der Waals surface area contributed by atoms with Crippen molar-refractivity contribution in [3.05, 3.63) is 23.8 Å². The zero-order valence-electron chi connectivity index (χ0n) is 13.0. The summed E-state index contributed by atoms with van der Waals surface area (Å²) < 4.78 is 10.1. The number of esters is 1. The molecule has 2 N–H and O–H groups in total. The number of hydrogen-bond donors (Lipinski definition) is 2. The molecule has 0 aliphatic heterocycles. The van der Waals surface area contributed by atoms with E-state index < -0.39 is 12.1 Å². The molecule has 0 fully saturated rings. The van der Waals surface area contributed by atoms with Gasteiger partial charge in [0.25, 0.3) is 0 Å². The monoisotopic (exact) mass is 305 g/mol. The van der Waals surface area contributed by atoms with E-state index in [0.29, 0.717) is 16.6 Å². The lowest BCUT2D eigenvalue weighted by molar-refractivity contribution is 0.0378. The van der Waals surface area contributed by atoms with E-state index >= 15 is 0 Å². The van der Waals surface area contributed by atoms with Gasteiger partial charge in [-0.3, -0.25) is 5.32 Å². The SMILES string of the molecule is CC(C)OC(=O)Nc1nc2ccc(C(=O)OC(C)C)cc2[nH]1. The summed E-state index contributed by atoms with van der Waals surface area (Å²) in [4.78, 5) is 30.5. The average molecular weight is 305 g/mol. The predicted molar refractivity (Wildman–Crippen MR) is 81.9 cm³/mol. The minimum absolute atomic E-state index is 0.187. The molecule has 7 heteroatoms. The maximum Gasteiger partial charge on any atom is 0.414 e. The third-order valence-electron chi connectivity index (χ3n) is 2.62. The fourth-order valence-corrected chi connectivity index (χ4v) is 1.82. The van der Waals surface area contributed by atoms with Crippen LogP contribution in [0.4, 0.5) is 10.7 Å². The molecule has 1 heterocycles. The highest BCUT2D eigenvalue weighted by Gasteiger charge is 2.13. The Morgan fingerprint density at radius 1 is 1.14 bits per heavy atom. The number of ether oxygens (including phenoxy) is 2. The summed E-state index contributed by atoms with van der Waals surface area (Å²) >= 11 is 0. The third-order valence-corrected chi connectivity index (χ3v) is 2.62. The summed E-state index contributed by atoms with van der Waals surface area (Å²) in [7, 11) is 0. The minimum atomic E-state index is -0.589. The van der Waals surface area contributed by atoms with Crippen molar-refractivity contribution < 1.29 is 19.1 Å². The van der Waals surface area contributed by atoms with Crippen molar-refractivity contribution in [2.24, 2.45) is 0 Å². The van der Waals surface area contributed by atoms with Crippen molar-refractivity contribution in [2.75, 3.05) is 5.32 Å². The molecule has 2 aromatic rings. The number of nitrogens with zero attached hydrogens (tertiary/aromatic N) is 1. The Hall–Kier alpha value is -2.57. The molecule has 0 radical (unpaired) electrons. The van der Waals surface area contributed by atoms with E-state index in [0.717, 1.165) is 0 Å². The number of carbonyl (C=O) groups is 2. The number of rotatable bonds is 4. The lowest BCUT2D eigenvalue weighted by Gasteiger charge is -2.07. The molecule has 118 valence electrons. The molecule has 0 saturated carbocycles. The summed E-state index contributed by atoms with van der Waals surface area (Å²) in [5, 5.41) is 2.50. The van der Waals surface area contributed by atoms with Gasteiger partial charge in [0.2, 0.25) is 5.95 Å². The summed E-state index contributed by atoms with van der Waals surface area (Å²) in [5.41, 5.74) is 1.67. The first-order chi connectivity index (χ1) is 10.3. The van der Waals surface area contributed by atoms with Crippen molar-refractivity contribution in [1.82, 2.24) is 9.97 Å². The van der Waals surface area contributed by atoms with Crippen LogP contribution < -0.4 is 5.32 Å². The van der Waals surface area contributed by atoms with Crippen LogP contribution in [-0.2, 0) is 9.47 Å². The zero-order valence-corrected chi connectivity index (χ0v) is 13.0. The van der Waals surface area contributed by atoms with Gasteiger partial charge >= 0.3 is 12.1 Å². The molecule has 2 rings (SSSR count). The summed E-state index contributed by atoms with van der Waals surface area (Å²) in [6.07, 6.45) is -0.997. The summed E-state index contributed by atoms with van der Waals surface area (Å²) in [6, 6.07) is 4.94. The van der Waals surface area contributed by atoms with Gasteiger partial charge in [-0.25, -0.2) is 14.6 Å². The second-order valence-electron chi connectivity index (χ2n) is 5.35. The van der Waals surface area contributed by atoms with Gasteiger partial charge in [-0.2, -0.15) is 0 Å². The van der Waals surface area contributed by atoms with Crippen molar-refractivity contribution in [3.8, 4) is 0 Å². The van der Waals surface area contributed by atoms with E-state index in [1.807, 2.05) is 0 Å². The Morgan fingerprint density at radius 2 is 1.82 bits per heavy atom. The van der Waals surface area contributed by atoms with Crippen LogP contribution >= 0.6 is 0 Å². The fourth-order valence-electron chi connectivity index (χ4n) is 1.82. The second-order valence-corrected chi connectivity index (χ2v) is 5.35. The van der Waals surface area contributed by atoms with E-state index in [1.165, 1.54) is 0 Å². The maximum atomic E-state index is 11.9. The molecule has 0 aliphatic carbocycles. The van der Waals surface area contributed by atoms with E-state index in [4.69, 9.17) is 9.47 Å². The molecule has 0 atom stereocenters. The van der Waals surface area contributed by atoms with Crippen molar-refractivity contribution >= 4 is 29.0 Å². The number of fused-ring (bicyclic) bond motifs is 1. The van der Waals surface area contributed by atoms with Gasteiger partial charge < -0.3 is 14.5 Å². The Morgan fingerprint density at radius 3 is 2.45 bits per heavy atom. The van der Waals surface area contributed by atoms with Gasteiger partial charge in [-0.15, -0.1) is 0 Å². The van der Waals surface area contributed by atoms with Gasteiger partial charge in [0, 0.05) is 0 Å². The normalized spacial score (nSPS) is 11.0. The molecular weight excluding hydrogens is 286 g/mol. The fraction of sp³-hybridized carbons (Fsp3) is 0.400. The lowest BCUT2D eigenvalue weighted by Crippen LogP contribution is -2.18. The van der Waals surface area contributed by atoms with Crippen molar-refractivity contribution in [3.63, 3.8) is 0 Å². The van der Waals surface area contributed by atoms with E-state index in [2.05, 4.69) is 15.3 Å². The van der Waals surface area contributed by atoms with Crippen molar-refractivity contribution in [2.45, 2.75) is 39.9 Å². The average Bonchev–Trinajstić information content (AvgIpc) is 2.77. The van der Waals surface area contributed by atoms with Gasteiger partial charge in [0.15, 0.2) is 0 Å². The van der Waals surface area contributed by atoms with Crippen LogP contribution in [0.2, 0.25) is 0 Å². The molecule has 0 bridgehead atoms. The van der Waals surface area contributed by atoms with Crippen LogP contribution in [-0.4, -0.2) is 34.2 Å². The number of benzene rings is 1. The van der Waals surface area contributed by atoms with E-state index in [-0.39, 0.29) is 18.2 Å². The quantitative estimate of drug-likeness (QED) is 0.847. The molecule has 0 unspecified atom stereocenters. The van der Waals surface area contributed by atoms with Gasteiger partial charge in [-0.05, 0) is 45.9 Å². The van der Waals surface area contributed by atoms with Crippen LogP contribution in [0.15, 0.2) is 18.2 Å². The second kappa shape index (κ2) is 6.46. The Balaban J connectivity index is 2.17. The van der Waals surface area contributed by atoms with Gasteiger partial charge in [0.05, 0.1) is 28.8 Å².